The summed E-state index contributed by atoms with van der Waals surface area (Å²) in [6, 6.07) is 8.21. The van der Waals surface area contributed by atoms with E-state index in [1.54, 1.807) is 31.2 Å². The Morgan fingerprint density at radius 3 is 2.06 bits per heavy atom. The molecule has 0 bridgehead atoms. The number of methoxy groups -OCH3 is 3. The number of hydrogen-bond donors (Lipinski definition) is 1. The van der Waals surface area contributed by atoms with Gasteiger partial charge in [0.25, 0.3) is 0 Å². The lowest BCUT2D eigenvalue weighted by Crippen LogP contribution is -2.16. The molecule has 2 aromatic carbocycles. The van der Waals surface area contributed by atoms with Crippen LogP contribution in [-0.4, -0.2) is 69.9 Å². The normalized spacial score (nSPS) is 12.5. The van der Waals surface area contributed by atoms with Crippen LogP contribution in [0.25, 0.3) is 20.2 Å². The number of Topliss-reactive ketones (excluding diaryl/α,β-unsaturated/α-hetero) is 2. The molecular formula is C33H35FO11S2. The van der Waals surface area contributed by atoms with E-state index in [1.165, 1.54) is 45.7 Å². The molecule has 0 radical (unpaired) electrons. The fourth-order valence-corrected chi connectivity index (χ4v) is 6.66. The Bertz CT molecular complexity index is 1780. The van der Waals surface area contributed by atoms with E-state index in [9.17, 15) is 19.2 Å². The topological polar surface area (TPSA) is 144 Å². The molecule has 0 saturated heterocycles. The molecule has 2 unspecified atom stereocenters. The van der Waals surface area contributed by atoms with Gasteiger partial charge in [0.1, 0.15) is 0 Å². The van der Waals surface area contributed by atoms with E-state index in [0.717, 1.165) is 21.4 Å². The molecule has 0 aliphatic carbocycles. The van der Waals surface area contributed by atoms with Gasteiger partial charge in [-0.1, -0.05) is 13.8 Å². The molecule has 4 rings (SSSR count). The molecule has 252 valence electrons. The summed E-state index contributed by atoms with van der Waals surface area (Å²) in [6.45, 7) is 3.28. The molecule has 1 N–H and O–H groups in total. The summed E-state index contributed by atoms with van der Waals surface area (Å²) in [5.41, 5.74) is 0. The van der Waals surface area contributed by atoms with E-state index in [2.05, 4.69) is 4.74 Å². The van der Waals surface area contributed by atoms with Crippen LogP contribution in [0, 0.1) is 17.7 Å². The third-order valence-corrected chi connectivity index (χ3v) is 9.43. The number of carbonyl (C=O) groups excluding carboxylic acids is 3. The molecule has 0 saturated carbocycles. The molecule has 0 amide bonds. The number of benzene rings is 2. The van der Waals surface area contributed by atoms with Crippen LogP contribution in [0.1, 0.15) is 52.5 Å². The highest BCUT2D eigenvalue weighted by Crippen LogP contribution is 2.41. The summed E-state index contributed by atoms with van der Waals surface area (Å²) in [5, 5.41) is 10.1. The summed E-state index contributed by atoms with van der Waals surface area (Å²) in [6.07, 6.45) is 0.172. The van der Waals surface area contributed by atoms with Crippen molar-refractivity contribution in [3.63, 3.8) is 0 Å². The van der Waals surface area contributed by atoms with Gasteiger partial charge in [0, 0.05) is 53.3 Å². The van der Waals surface area contributed by atoms with Crippen molar-refractivity contribution in [3.8, 4) is 23.0 Å². The number of carboxylic acids is 1. The number of rotatable bonds is 18. The number of halogens is 1. The Hall–Kier alpha value is -4.27. The first-order valence-electron chi connectivity index (χ1n) is 14.6. The van der Waals surface area contributed by atoms with Crippen LogP contribution in [0.2, 0.25) is 0 Å². The Kier molecular flexibility index (Phi) is 12.1. The highest BCUT2D eigenvalue weighted by Gasteiger charge is 2.24. The summed E-state index contributed by atoms with van der Waals surface area (Å²) in [7, 11) is 4.13. The number of hydrogen-bond acceptors (Lipinski definition) is 12. The van der Waals surface area contributed by atoms with Crippen molar-refractivity contribution in [1.82, 2.24) is 0 Å². The van der Waals surface area contributed by atoms with Crippen LogP contribution >= 0.6 is 22.7 Å². The zero-order valence-corrected chi connectivity index (χ0v) is 28.1. The van der Waals surface area contributed by atoms with Crippen LogP contribution in [0.4, 0.5) is 4.39 Å². The molecule has 0 aliphatic rings. The van der Waals surface area contributed by atoms with Crippen LogP contribution in [0.15, 0.2) is 30.3 Å². The van der Waals surface area contributed by atoms with E-state index in [-0.39, 0.29) is 61.3 Å². The lowest BCUT2D eigenvalue weighted by atomic mass is 10.0. The molecule has 0 spiro atoms. The number of thiophene rings is 2. The first-order chi connectivity index (χ1) is 22.5. The first-order valence-corrected chi connectivity index (χ1v) is 16.2. The quantitative estimate of drug-likeness (QED) is 0.0511. The lowest BCUT2D eigenvalue weighted by molar-refractivity contribution is -0.144. The monoisotopic (exact) mass is 690 g/mol. The lowest BCUT2D eigenvalue weighted by Gasteiger charge is -2.14. The van der Waals surface area contributed by atoms with Crippen molar-refractivity contribution in [2.75, 3.05) is 41.3 Å². The molecule has 47 heavy (non-hydrogen) atoms. The predicted octanol–water partition coefficient (Wildman–Crippen LogP) is 6.77. The Morgan fingerprint density at radius 2 is 1.40 bits per heavy atom. The predicted molar refractivity (Wildman–Crippen MR) is 174 cm³/mol. The van der Waals surface area contributed by atoms with E-state index in [0.29, 0.717) is 32.4 Å². The number of carboxylic acid groups (broad SMARTS) is 1. The minimum atomic E-state index is -1.04. The number of aliphatic carboxylic acids is 1. The van der Waals surface area contributed by atoms with Crippen molar-refractivity contribution >= 4 is 66.4 Å². The zero-order chi connectivity index (χ0) is 34.2. The van der Waals surface area contributed by atoms with Gasteiger partial charge in [0.05, 0.1) is 49.0 Å². The number of carbonyl (C=O) groups is 4. The van der Waals surface area contributed by atoms with Gasteiger partial charge in [0.2, 0.25) is 0 Å². The highest BCUT2D eigenvalue weighted by molar-refractivity contribution is 7.21. The molecule has 2 aromatic heterocycles. The van der Waals surface area contributed by atoms with Crippen molar-refractivity contribution in [1.29, 1.82) is 0 Å². The SMILES string of the molecule is COCOc1cc2sc(C(=O)CC(C)C(=O)O)cc2cc1OCCCOc1c(OC)cc2sc(C(=O)CC(C)C(=O)OC)cc2c1F. The maximum Gasteiger partial charge on any atom is 0.308 e. The minimum Gasteiger partial charge on any atom is -0.493 e. The molecule has 14 heteroatoms. The number of ether oxygens (including phenoxy) is 6. The zero-order valence-electron chi connectivity index (χ0n) is 26.5. The second-order valence-electron chi connectivity index (χ2n) is 10.7. The average molecular weight is 691 g/mol. The smallest absolute Gasteiger partial charge is 0.308 e. The Morgan fingerprint density at radius 1 is 0.787 bits per heavy atom. The third kappa shape index (κ3) is 8.56. The van der Waals surface area contributed by atoms with E-state index in [4.69, 9.17) is 28.8 Å². The van der Waals surface area contributed by atoms with Gasteiger partial charge in [0.15, 0.2) is 47.2 Å². The summed E-state index contributed by atoms with van der Waals surface area (Å²) in [5.74, 6) is -3.34. The Balaban J connectivity index is 1.43. The number of ketones is 2. The maximum atomic E-state index is 15.6. The fourth-order valence-electron chi connectivity index (χ4n) is 4.60. The first kappa shape index (κ1) is 35.6. The van der Waals surface area contributed by atoms with Gasteiger partial charge in [-0.25, -0.2) is 4.39 Å². The minimum absolute atomic E-state index is 0.0417. The van der Waals surface area contributed by atoms with Crippen LogP contribution < -0.4 is 18.9 Å². The second-order valence-corrected chi connectivity index (χ2v) is 12.9. The highest BCUT2D eigenvalue weighted by atomic mass is 32.1. The van der Waals surface area contributed by atoms with E-state index < -0.39 is 29.6 Å². The van der Waals surface area contributed by atoms with Crippen molar-refractivity contribution in [2.45, 2.75) is 33.1 Å². The number of fused-ring (bicyclic) bond motifs is 2. The second kappa shape index (κ2) is 16.0. The molecule has 11 nitrogen and oxygen atoms in total. The molecule has 4 aromatic rings. The Labute approximate surface area is 278 Å². The van der Waals surface area contributed by atoms with Crippen LogP contribution in [0.5, 0.6) is 23.0 Å². The van der Waals surface area contributed by atoms with Crippen LogP contribution in [-0.2, 0) is 19.1 Å². The third-order valence-electron chi connectivity index (χ3n) is 7.17. The van der Waals surface area contributed by atoms with Gasteiger partial charge >= 0.3 is 11.9 Å². The molecule has 2 atom stereocenters. The van der Waals surface area contributed by atoms with Gasteiger partial charge < -0.3 is 33.5 Å². The van der Waals surface area contributed by atoms with E-state index in [1.807, 2.05) is 0 Å². The molecule has 0 aliphatic heterocycles. The van der Waals surface area contributed by atoms with Gasteiger partial charge in [-0.15, -0.1) is 22.7 Å². The molecular weight excluding hydrogens is 655 g/mol. The number of esters is 1. The van der Waals surface area contributed by atoms with Gasteiger partial charge in [-0.3, -0.25) is 19.2 Å². The fraction of sp³-hybridized carbons (Fsp3) is 0.394. The summed E-state index contributed by atoms with van der Waals surface area (Å²) in [4.78, 5) is 49.1. The average Bonchev–Trinajstić information content (AvgIpc) is 3.68. The van der Waals surface area contributed by atoms with Crippen molar-refractivity contribution in [3.05, 3.63) is 45.9 Å². The maximum absolute atomic E-state index is 15.6. The van der Waals surface area contributed by atoms with Gasteiger partial charge in [-0.05, 0) is 23.6 Å². The largest absolute Gasteiger partial charge is 0.493 e. The van der Waals surface area contributed by atoms with Gasteiger partial charge in [-0.2, -0.15) is 0 Å². The summed E-state index contributed by atoms with van der Waals surface area (Å²) < 4.78 is 49.4. The summed E-state index contributed by atoms with van der Waals surface area (Å²) >= 11 is 2.34. The van der Waals surface area contributed by atoms with Crippen molar-refractivity contribution < 1.29 is 57.1 Å². The van der Waals surface area contributed by atoms with Crippen molar-refractivity contribution in [2.24, 2.45) is 11.8 Å². The molecule has 0 fully saturated rings. The standard InChI is InChI=1S/C33H35FO11S2/c1-17(32(37)38)9-21(35)28-12-19-11-23(24(45-16-40-3)14-26(19)46-28)43-7-6-8-44-31-25(41-4)15-27-20(30(31)34)13-29(47-27)22(36)10-18(2)33(39)42-5/h11-15,17-18H,6-10,16H2,1-5H3,(H,37,38). The van der Waals surface area contributed by atoms with E-state index >= 15 is 4.39 Å². The molecule has 2 heterocycles. The van der Waals surface area contributed by atoms with Crippen LogP contribution in [0.3, 0.4) is 0 Å².